The Bertz CT molecular complexity index is 615. The average molecular weight is 368 g/mol. The van der Waals surface area contributed by atoms with Crippen LogP contribution >= 0.6 is 0 Å². The molecule has 0 aromatic heterocycles. The summed E-state index contributed by atoms with van der Waals surface area (Å²) in [6, 6.07) is 8.02. The second kappa shape index (κ2) is 8.61. The van der Waals surface area contributed by atoms with E-state index in [0.717, 1.165) is 24.0 Å². The number of carbonyl (C=O) groups is 1. The maximum absolute atomic E-state index is 12.0. The molecule has 1 aromatic carbocycles. The minimum absolute atomic E-state index is 0. The summed E-state index contributed by atoms with van der Waals surface area (Å²) in [5.74, 6) is 0.287. The number of benzene rings is 1. The van der Waals surface area contributed by atoms with Crippen LogP contribution in [0.1, 0.15) is 41.6 Å². The molecule has 0 heterocycles. The molecule has 3 rings (SSSR count). The fourth-order valence-electron chi connectivity index (χ4n) is 3.57. The van der Waals surface area contributed by atoms with E-state index in [1.165, 1.54) is 24.0 Å². The van der Waals surface area contributed by atoms with Crippen LogP contribution in [-0.4, -0.2) is 22.3 Å². The number of Topliss-reactive ketones (excluding diaryl/α,β-unsaturated/α-hetero) is 1. The number of hydrogen-bond acceptors (Lipinski definition) is 1. The Hall–Kier alpha value is 0.0238. The van der Waals surface area contributed by atoms with E-state index in [4.69, 9.17) is 4.65 Å². The Morgan fingerprint density at radius 2 is 1.25 bits per heavy atom. The molecule has 2 aliphatic rings. The van der Waals surface area contributed by atoms with Crippen molar-refractivity contribution in [1.82, 2.24) is 0 Å². The van der Waals surface area contributed by atoms with E-state index >= 15 is 0 Å². The molecule has 0 bridgehead atoms. The first-order chi connectivity index (χ1) is 10.6. The zero-order chi connectivity index (χ0) is 17.3. The molecule has 2 aliphatic carbocycles. The van der Waals surface area contributed by atoms with Gasteiger partial charge in [-0.2, -0.15) is 0 Å². The van der Waals surface area contributed by atoms with Gasteiger partial charge >= 0.3 is 29.6 Å². The maximum atomic E-state index is 12.0. The van der Waals surface area contributed by atoms with E-state index in [1.807, 2.05) is 18.2 Å². The molecule has 0 unspecified atom stereocenters. The SMILES string of the molecule is C[Si](C)(C)[N-][Si](C)(C)C.O=C1C2=C(CCCC2)c2ccccc21.[Na+]. The van der Waals surface area contributed by atoms with Gasteiger partial charge in [0.15, 0.2) is 5.78 Å². The zero-order valence-corrected chi connectivity index (χ0v) is 20.5. The Kier molecular flexibility index (Phi) is 7.91. The summed E-state index contributed by atoms with van der Waals surface area (Å²) >= 11 is 0. The van der Waals surface area contributed by atoms with Crippen molar-refractivity contribution in [2.24, 2.45) is 0 Å². The zero-order valence-electron chi connectivity index (χ0n) is 16.5. The number of hydrogen-bond donors (Lipinski definition) is 0. The molecule has 0 atom stereocenters. The van der Waals surface area contributed by atoms with Gasteiger partial charge in [0.05, 0.1) is 0 Å². The van der Waals surface area contributed by atoms with Crippen LogP contribution in [0.5, 0.6) is 0 Å². The molecule has 0 saturated heterocycles. The minimum Gasteiger partial charge on any atom is -0.668 e. The van der Waals surface area contributed by atoms with Crippen molar-refractivity contribution < 1.29 is 34.4 Å². The Balaban J connectivity index is 0.000000256. The third kappa shape index (κ3) is 6.08. The number of rotatable bonds is 2. The van der Waals surface area contributed by atoms with Crippen molar-refractivity contribution in [2.45, 2.75) is 65.0 Å². The molecule has 0 spiro atoms. The number of ketones is 1. The molecule has 126 valence electrons. The molecule has 0 N–H and O–H groups in total. The third-order valence-corrected chi connectivity index (χ3v) is 9.28. The van der Waals surface area contributed by atoms with Crippen molar-refractivity contribution in [2.75, 3.05) is 0 Å². The molecular weight excluding hydrogens is 337 g/mol. The minimum atomic E-state index is -1.11. The number of fused-ring (bicyclic) bond motifs is 2. The van der Waals surface area contributed by atoms with Gasteiger partial charge in [-0.15, -0.1) is 0 Å². The van der Waals surface area contributed by atoms with Crippen LogP contribution in [0.4, 0.5) is 0 Å². The molecule has 0 saturated carbocycles. The summed E-state index contributed by atoms with van der Waals surface area (Å²) in [5, 5.41) is 0. The third-order valence-electron chi connectivity index (χ3n) is 3.91. The first kappa shape index (κ1) is 22.1. The second-order valence-electron chi connectivity index (χ2n) is 8.49. The van der Waals surface area contributed by atoms with Gasteiger partial charge in [-0.05, 0) is 36.8 Å². The Labute approximate surface area is 172 Å². The van der Waals surface area contributed by atoms with E-state index in [2.05, 4.69) is 45.3 Å². The second-order valence-corrected chi connectivity index (χ2v) is 18.1. The first-order valence-corrected chi connectivity index (χ1v) is 15.6. The first-order valence-electron chi connectivity index (χ1n) is 8.69. The molecule has 0 amide bonds. The molecular formula is C19H30NNaOSi2. The monoisotopic (exact) mass is 367 g/mol. The van der Waals surface area contributed by atoms with Gasteiger partial charge in [0.25, 0.3) is 0 Å². The number of allylic oxidation sites excluding steroid dienone is 2. The number of carbonyl (C=O) groups excluding carboxylic acids is 1. The van der Waals surface area contributed by atoms with E-state index in [9.17, 15) is 4.79 Å². The summed E-state index contributed by atoms with van der Waals surface area (Å²) < 4.78 is 4.82. The summed E-state index contributed by atoms with van der Waals surface area (Å²) in [6.07, 6.45) is 4.50. The Morgan fingerprint density at radius 1 is 0.792 bits per heavy atom. The van der Waals surface area contributed by atoms with Gasteiger partial charge in [0.2, 0.25) is 0 Å². The molecule has 0 fully saturated rings. The van der Waals surface area contributed by atoms with E-state index < -0.39 is 16.5 Å². The maximum Gasteiger partial charge on any atom is 1.00 e. The summed E-state index contributed by atoms with van der Waals surface area (Å²) in [4.78, 5) is 12.0. The van der Waals surface area contributed by atoms with E-state index in [1.54, 1.807) is 0 Å². The molecule has 5 heteroatoms. The van der Waals surface area contributed by atoms with Crippen LogP contribution in [0, 0.1) is 0 Å². The summed E-state index contributed by atoms with van der Waals surface area (Å²) in [7, 11) is -2.21. The van der Waals surface area contributed by atoms with E-state index in [0.29, 0.717) is 0 Å². The van der Waals surface area contributed by atoms with Gasteiger partial charge < -0.3 is 4.65 Å². The van der Waals surface area contributed by atoms with Crippen molar-refractivity contribution in [3.05, 3.63) is 45.6 Å². The Morgan fingerprint density at radius 3 is 1.71 bits per heavy atom. The van der Waals surface area contributed by atoms with E-state index in [-0.39, 0.29) is 35.3 Å². The van der Waals surface area contributed by atoms with Crippen molar-refractivity contribution >= 4 is 27.8 Å². The smallest absolute Gasteiger partial charge is 0.668 e. The molecule has 24 heavy (non-hydrogen) atoms. The normalized spacial score (nSPS) is 16.7. The van der Waals surface area contributed by atoms with Gasteiger partial charge in [-0.1, -0.05) is 80.0 Å². The topological polar surface area (TPSA) is 31.2 Å². The van der Waals surface area contributed by atoms with Crippen molar-refractivity contribution in [3.63, 3.8) is 0 Å². The molecule has 0 aliphatic heterocycles. The largest absolute Gasteiger partial charge is 1.00 e. The van der Waals surface area contributed by atoms with Crippen LogP contribution in [0.3, 0.4) is 0 Å². The predicted octanol–water partition coefficient (Wildman–Crippen LogP) is 3.24. The predicted molar refractivity (Wildman–Crippen MR) is 106 cm³/mol. The van der Waals surface area contributed by atoms with Gasteiger partial charge in [-0.3, -0.25) is 4.79 Å². The van der Waals surface area contributed by atoms with Crippen LogP contribution in [-0.2, 0) is 0 Å². The molecule has 1 aromatic rings. The standard InChI is InChI=1S/C13H12O.C6H18NSi2.Na/c14-13-11-7-3-1-5-9(11)10-6-2-4-8-12(10)13;1-8(2,3)7-9(4,5)6;/h1,3,5,7H,2,4,6,8H2;1-6H3;/q;-1;+1. The van der Waals surface area contributed by atoms with Crippen LogP contribution in [0.15, 0.2) is 29.8 Å². The van der Waals surface area contributed by atoms with Gasteiger partial charge in [0, 0.05) is 11.1 Å². The fraction of sp³-hybridized carbons (Fsp3) is 0.526. The van der Waals surface area contributed by atoms with Crippen LogP contribution < -0.4 is 29.6 Å². The average Bonchev–Trinajstić information content (AvgIpc) is 2.71. The van der Waals surface area contributed by atoms with Crippen LogP contribution in [0.25, 0.3) is 10.2 Å². The molecule has 2 nitrogen and oxygen atoms in total. The van der Waals surface area contributed by atoms with Gasteiger partial charge in [0.1, 0.15) is 0 Å². The number of nitrogens with zero attached hydrogens (tertiary/aromatic N) is 1. The summed E-state index contributed by atoms with van der Waals surface area (Å²) in [6.45, 7) is 13.8. The molecule has 0 radical (unpaired) electrons. The summed E-state index contributed by atoms with van der Waals surface area (Å²) in [5.41, 5.74) is 4.56. The quantitative estimate of drug-likeness (QED) is 0.738. The van der Waals surface area contributed by atoms with Gasteiger partial charge in [-0.25, -0.2) is 0 Å². The van der Waals surface area contributed by atoms with Crippen molar-refractivity contribution in [1.29, 1.82) is 0 Å². The fourth-order valence-corrected chi connectivity index (χ4v) is 11.6. The van der Waals surface area contributed by atoms with Crippen molar-refractivity contribution in [3.8, 4) is 0 Å². The van der Waals surface area contributed by atoms with Crippen LogP contribution in [0.2, 0.25) is 39.3 Å².